The van der Waals surface area contributed by atoms with Gasteiger partial charge in [0, 0.05) is 17.4 Å². The van der Waals surface area contributed by atoms with E-state index in [0.29, 0.717) is 5.75 Å². The average molecular weight is 475 g/mol. The lowest BCUT2D eigenvalue weighted by atomic mass is 9.99. The Hall–Kier alpha value is -1.60. The van der Waals surface area contributed by atoms with E-state index < -0.39 is 28.5 Å². The number of alkyl halides is 3. The van der Waals surface area contributed by atoms with Crippen molar-refractivity contribution in [3.63, 3.8) is 0 Å². The number of fused-ring (bicyclic) bond motifs is 3. The number of nitrogens with one attached hydrogen (secondary N) is 1. The van der Waals surface area contributed by atoms with E-state index in [-0.39, 0.29) is 11.7 Å². The predicted molar refractivity (Wildman–Crippen MR) is 117 cm³/mol. The van der Waals surface area contributed by atoms with E-state index in [4.69, 9.17) is 39.5 Å². The molecule has 1 amide bonds. The van der Waals surface area contributed by atoms with Gasteiger partial charge in [0.1, 0.15) is 12.6 Å². The Morgan fingerprint density at radius 2 is 1.62 bits per heavy atom. The number of hydrogen-bond donors (Lipinski definition) is 2. The van der Waals surface area contributed by atoms with Crippen LogP contribution in [0.5, 0.6) is 0 Å². The fourth-order valence-electron chi connectivity index (χ4n) is 3.25. The SMILES string of the molecule is O=C(N[C@H](CSCC1c2ccccc2-c2ccccc21)C(=O)O)OCC(Cl)(Cl)Cl. The molecule has 1 atom stereocenters. The molecular weight excluding hydrogens is 457 g/mol. The molecule has 2 aromatic carbocycles. The topological polar surface area (TPSA) is 75.6 Å². The highest BCUT2D eigenvalue weighted by molar-refractivity contribution is 7.99. The van der Waals surface area contributed by atoms with Gasteiger partial charge in [-0.2, -0.15) is 11.8 Å². The predicted octanol–water partition coefficient (Wildman–Crippen LogP) is 5.08. The molecule has 0 heterocycles. The van der Waals surface area contributed by atoms with Crippen molar-refractivity contribution >= 4 is 58.6 Å². The summed E-state index contributed by atoms with van der Waals surface area (Å²) in [6.07, 6.45) is -0.944. The number of carbonyl (C=O) groups excluding carboxylic acids is 1. The number of benzene rings is 2. The lowest BCUT2D eigenvalue weighted by Gasteiger charge is -2.18. The van der Waals surface area contributed by atoms with Crippen LogP contribution in [0, 0.1) is 0 Å². The number of hydrogen-bond acceptors (Lipinski definition) is 4. The molecular formula is C20H18Cl3NO4S. The maximum Gasteiger partial charge on any atom is 0.408 e. The largest absolute Gasteiger partial charge is 0.480 e. The van der Waals surface area contributed by atoms with Gasteiger partial charge in [-0.3, -0.25) is 0 Å². The Kier molecular flexibility index (Phi) is 7.22. The van der Waals surface area contributed by atoms with Crippen molar-refractivity contribution in [1.29, 1.82) is 0 Å². The standard InChI is InChI=1S/C20H18Cl3NO4S/c21-20(22,23)11-28-19(27)24-17(18(25)26)10-29-9-16-14-7-3-1-5-12(14)13-6-2-4-8-15(13)16/h1-8,16-17H,9-11H2,(H,24,27)(H,25,26)/t17-/m1/s1. The molecule has 0 aromatic heterocycles. The zero-order chi connectivity index (χ0) is 21.0. The summed E-state index contributed by atoms with van der Waals surface area (Å²) >= 11 is 18.0. The van der Waals surface area contributed by atoms with Crippen molar-refractivity contribution in [1.82, 2.24) is 5.32 Å². The summed E-state index contributed by atoms with van der Waals surface area (Å²) in [7, 11) is 0. The lowest BCUT2D eigenvalue weighted by molar-refractivity contribution is -0.138. The molecule has 0 bridgehead atoms. The van der Waals surface area contributed by atoms with Crippen LogP contribution in [0.4, 0.5) is 4.79 Å². The fourth-order valence-corrected chi connectivity index (χ4v) is 4.61. The fraction of sp³-hybridized carbons (Fsp3) is 0.300. The molecule has 0 fully saturated rings. The number of rotatable bonds is 7. The van der Waals surface area contributed by atoms with Crippen molar-refractivity contribution in [2.45, 2.75) is 15.8 Å². The third-order valence-electron chi connectivity index (χ3n) is 4.49. The van der Waals surface area contributed by atoms with Crippen LogP contribution in [-0.4, -0.2) is 45.1 Å². The number of carboxylic acid groups (broad SMARTS) is 1. The molecule has 0 aliphatic heterocycles. The first kappa shape index (κ1) is 22.1. The highest BCUT2D eigenvalue weighted by Gasteiger charge is 2.29. The summed E-state index contributed by atoms with van der Waals surface area (Å²) in [6, 6.07) is 15.3. The molecule has 154 valence electrons. The molecule has 5 nitrogen and oxygen atoms in total. The molecule has 1 aliphatic rings. The van der Waals surface area contributed by atoms with E-state index in [0.717, 1.165) is 0 Å². The Bertz CT molecular complexity index is 858. The van der Waals surface area contributed by atoms with Crippen LogP contribution in [0.15, 0.2) is 48.5 Å². The number of alkyl carbamates (subject to hydrolysis) is 1. The smallest absolute Gasteiger partial charge is 0.408 e. The molecule has 0 spiro atoms. The van der Waals surface area contributed by atoms with Gasteiger partial charge in [0.2, 0.25) is 3.79 Å². The van der Waals surface area contributed by atoms with Gasteiger partial charge in [-0.1, -0.05) is 83.3 Å². The van der Waals surface area contributed by atoms with Gasteiger partial charge in [-0.25, -0.2) is 9.59 Å². The van der Waals surface area contributed by atoms with Gasteiger partial charge in [-0.15, -0.1) is 0 Å². The Balaban J connectivity index is 1.60. The van der Waals surface area contributed by atoms with E-state index in [1.54, 1.807) is 0 Å². The Morgan fingerprint density at radius 1 is 1.07 bits per heavy atom. The van der Waals surface area contributed by atoms with E-state index >= 15 is 0 Å². The van der Waals surface area contributed by atoms with Crippen molar-refractivity contribution in [3.8, 4) is 11.1 Å². The first-order chi connectivity index (χ1) is 13.8. The number of aliphatic carboxylic acids is 1. The zero-order valence-corrected chi connectivity index (χ0v) is 18.2. The first-order valence-electron chi connectivity index (χ1n) is 8.75. The van der Waals surface area contributed by atoms with Gasteiger partial charge in [0.15, 0.2) is 0 Å². The second-order valence-electron chi connectivity index (χ2n) is 6.49. The molecule has 29 heavy (non-hydrogen) atoms. The summed E-state index contributed by atoms with van der Waals surface area (Å²) < 4.78 is 2.99. The molecule has 9 heteroatoms. The number of ether oxygens (including phenoxy) is 1. The van der Waals surface area contributed by atoms with Gasteiger partial charge in [0.25, 0.3) is 0 Å². The summed E-state index contributed by atoms with van der Waals surface area (Å²) in [5.41, 5.74) is 4.86. The zero-order valence-electron chi connectivity index (χ0n) is 15.1. The monoisotopic (exact) mass is 473 g/mol. The van der Waals surface area contributed by atoms with Crippen molar-refractivity contribution in [2.24, 2.45) is 0 Å². The number of halogens is 3. The molecule has 0 radical (unpaired) electrons. The molecule has 2 aromatic rings. The van der Waals surface area contributed by atoms with Crippen molar-refractivity contribution in [2.75, 3.05) is 18.1 Å². The molecule has 2 N–H and O–H groups in total. The number of amides is 1. The average Bonchev–Trinajstić information content (AvgIpc) is 2.99. The maximum atomic E-state index is 11.8. The van der Waals surface area contributed by atoms with Crippen molar-refractivity contribution < 1.29 is 19.4 Å². The number of carbonyl (C=O) groups is 2. The normalized spacial score (nSPS) is 14.0. The van der Waals surface area contributed by atoms with Crippen LogP contribution in [0.3, 0.4) is 0 Å². The first-order valence-corrected chi connectivity index (χ1v) is 11.0. The van der Waals surface area contributed by atoms with Gasteiger partial charge in [0.05, 0.1) is 0 Å². The van der Waals surface area contributed by atoms with E-state index in [2.05, 4.69) is 29.6 Å². The minimum atomic E-state index is -1.76. The molecule has 0 saturated carbocycles. The lowest BCUT2D eigenvalue weighted by Crippen LogP contribution is -2.43. The maximum absolute atomic E-state index is 11.8. The third kappa shape index (κ3) is 5.72. The minimum Gasteiger partial charge on any atom is -0.480 e. The highest BCUT2D eigenvalue weighted by Crippen LogP contribution is 2.45. The van der Waals surface area contributed by atoms with Crippen LogP contribution in [0.2, 0.25) is 0 Å². The number of carboxylic acids is 1. The van der Waals surface area contributed by atoms with Gasteiger partial charge >= 0.3 is 12.1 Å². The second-order valence-corrected chi connectivity index (χ2v) is 10.1. The summed E-state index contributed by atoms with van der Waals surface area (Å²) in [5, 5.41) is 11.7. The van der Waals surface area contributed by atoms with E-state index in [9.17, 15) is 14.7 Å². The molecule has 1 aliphatic carbocycles. The van der Waals surface area contributed by atoms with Gasteiger partial charge in [-0.05, 0) is 22.3 Å². The minimum absolute atomic E-state index is 0.165. The summed E-state index contributed by atoms with van der Waals surface area (Å²) in [4.78, 5) is 23.3. The quantitative estimate of drug-likeness (QED) is 0.547. The van der Waals surface area contributed by atoms with E-state index in [1.165, 1.54) is 34.0 Å². The third-order valence-corrected chi connectivity index (χ3v) is 5.95. The van der Waals surface area contributed by atoms with Crippen LogP contribution in [0.25, 0.3) is 11.1 Å². The van der Waals surface area contributed by atoms with Crippen LogP contribution < -0.4 is 5.32 Å². The van der Waals surface area contributed by atoms with Crippen molar-refractivity contribution in [3.05, 3.63) is 59.7 Å². The second kappa shape index (κ2) is 9.47. The Labute approximate surface area is 187 Å². The van der Waals surface area contributed by atoms with E-state index in [1.807, 2.05) is 24.3 Å². The van der Waals surface area contributed by atoms with Gasteiger partial charge < -0.3 is 15.2 Å². The summed E-state index contributed by atoms with van der Waals surface area (Å²) in [6.45, 7) is -0.474. The highest BCUT2D eigenvalue weighted by atomic mass is 35.6. The molecule has 3 rings (SSSR count). The molecule has 0 saturated heterocycles. The van der Waals surface area contributed by atoms with Crippen LogP contribution >= 0.6 is 46.6 Å². The number of thioether (sulfide) groups is 1. The van der Waals surface area contributed by atoms with Crippen LogP contribution in [0.1, 0.15) is 17.0 Å². The Morgan fingerprint density at radius 3 is 2.14 bits per heavy atom. The van der Waals surface area contributed by atoms with Crippen LogP contribution in [-0.2, 0) is 9.53 Å². The summed E-state index contributed by atoms with van der Waals surface area (Å²) in [5.74, 6) is -0.129. The molecule has 0 unspecified atom stereocenters.